The summed E-state index contributed by atoms with van der Waals surface area (Å²) in [6.07, 6.45) is 4.35. The second-order valence-corrected chi connectivity index (χ2v) is 6.69. The molecule has 0 radical (unpaired) electrons. The van der Waals surface area contributed by atoms with E-state index in [9.17, 15) is 8.60 Å². The molecule has 1 saturated heterocycles. The number of likely N-dealkylation sites (tertiary alicyclic amines) is 1. The molecular weight excluding hydrogens is 289 g/mol. The van der Waals surface area contributed by atoms with E-state index in [-0.39, 0.29) is 17.5 Å². The zero-order chi connectivity index (χ0) is 15.2. The van der Waals surface area contributed by atoms with Crippen LogP contribution in [0.3, 0.4) is 0 Å². The first-order valence-corrected chi connectivity index (χ1v) is 8.96. The average Bonchev–Trinajstić information content (AvgIpc) is 2.47. The Kier molecular flexibility index (Phi) is 6.33. The summed E-state index contributed by atoms with van der Waals surface area (Å²) in [5.74, 6) is -0.184. The lowest BCUT2D eigenvalue weighted by Crippen LogP contribution is -2.33. The highest BCUT2D eigenvalue weighted by atomic mass is 32.2. The third kappa shape index (κ3) is 4.59. The Labute approximate surface area is 128 Å². The monoisotopic (exact) mass is 313 g/mol. The molecule has 2 rings (SSSR count). The van der Waals surface area contributed by atoms with Gasteiger partial charge in [0.2, 0.25) is 0 Å². The molecule has 1 aromatic carbocycles. The van der Waals surface area contributed by atoms with Gasteiger partial charge in [-0.1, -0.05) is 31.5 Å². The zero-order valence-electron chi connectivity index (χ0n) is 12.6. The van der Waals surface area contributed by atoms with Crippen molar-refractivity contribution < 1.29 is 13.2 Å². The highest BCUT2D eigenvalue weighted by Crippen LogP contribution is 2.31. The Balaban J connectivity index is 2.01. The first-order chi connectivity index (χ1) is 10.1. The molecule has 1 aliphatic rings. The molecule has 5 heteroatoms. The van der Waals surface area contributed by atoms with Gasteiger partial charge in [0.25, 0.3) is 0 Å². The van der Waals surface area contributed by atoms with E-state index in [1.165, 1.54) is 12.8 Å². The summed E-state index contributed by atoms with van der Waals surface area (Å²) < 4.78 is 34.3. The Morgan fingerprint density at radius 2 is 2.10 bits per heavy atom. The van der Waals surface area contributed by atoms with E-state index in [0.29, 0.717) is 11.1 Å². The van der Waals surface area contributed by atoms with Crippen molar-refractivity contribution in [3.05, 3.63) is 35.1 Å². The maximum atomic E-state index is 14.5. The van der Waals surface area contributed by atoms with Gasteiger partial charge in [0.05, 0.1) is 5.75 Å². The number of piperidine rings is 1. The molecule has 1 atom stereocenters. The molecule has 0 aromatic heterocycles. The second kappa shape index (κ2) is 8.01. The SMILES string of the molecule is CCCCN1CCC(c2cccc(CS(=O)O)c2F)CC1. The Morgan fingerprint density at radius 3 is 2.71 bits per heavy atom. The third-order valence-corrected chi connectivity index (χ3v) is 4.80. The molecule has 0 saturated carbocycles. The number of hydrogen-bond donors (Lipinski definition) is 1. The van der Waals surface area contributed by atoms with Gasteiger partial charge in [0.1, 0.15) is 5.82 Å². The molecule has 0 amide bonds. The molecule has 21 heavy (non-hydrogen) atoms. The van der Waals surface area contributed by atoms with Crippen LogP contribution < -0.4 is 0 Å². The van der Waals surface area contributed by atoms with Gasteiger partial charge in [-0.25, -0.2) is 8.60 Å². The smallest absolute Gasteiger partial charge is 0.157 e. The van der Waals surface area contributed by atoms with Crippen LogP contribution in [0.4, 0.5) is 4.39 Å². The third-order valence-electron chi connectivity index (χ3n) is 4.24. The fraction of sp³-hybridized carbons (Fsp3) is 0.625. The molecule has 1 N–H and O–H groups in total. The predicted octanol–water partition coefficient (Wildman–Crippen LogP) is 3.53. The van der Waals surface area contributed by atoms with Crippen molar-refractivity contribution in [2.75, 3.05) is 19.6 Å². The first-order valence-electron chi connectivity index (χ1n) is 7.69. The predicted molar refractivity (Wildman–Crippen MR) is 84.2 cm³/mol. The van der Waals surface area contributed by atoms with Gasteiger partial charge < -0.3 is 9.45 Å². The van der Waals surface area contributed by atoms with Gasteiger partial charge in [0.15, 0.2) is 11.1 Å². The summed E-state index contributed by atoms with van der Waals surface area (Å²) in [5.41, 5.74) is 1.06. The molecule has 1 aliphatic heterocycles. The van der Waals surface area contributed by atoms with Gasteiger partial charge in [-0.2, -0.15) is 0 Å². The van der Waals surface area contributed by atoms with Crippen LogP contribution in [-0.4, -0.2) is 33.3 Å². The molecule has 1 unspecified atom stereocenters. The number of nitrogens with zero attached hydrogens (tertiary/aromatic N) is 1. The van der Waals surface area contributed by atoms with Gasteiger partial charge in [-0.05, 0) is 50.4 Å². The lowest BCUT2D eigenvalue weighted by atomic mass is 9.88. The maximum absolute atomic E-state index is 14.5. The van der Waals surface area contributed by atoms with Gasteiger partial charge in [0, 0.05) is 5.56 Å². The minimum atomic E-state index is -2.00. The fourth-order valence-corrected chi connectivity index (χ4v) is 3.50. The van der Waals surface area contributed by atoms with Gasteiger partial charge in [-0.3, -0.25) is 0 Å². The van der Waals surface area contributed by atoms with E-state index in [1.54, 1.807) is 12.1 Å². The highest BCUT2D eigenvalue weighted by molar-refractivity contribution is 7.78. The molecule has 3 nitrogen and oxygen atoms in total. The van der Waals surface area contributed by atoms with Crippen LogP contribution in [0.15, 0.2) is 18.2 Å². The van der Waals surface area contributed by atoms with Crippen LogP contribution in [0.25, 0.3) is 0 Å². The van der Waals surface area contributed by atoms with Gasteiger partial charge >= 0.3 is 0 Å². The molecule has 1 aromatic rings. The molecule has 1 heterocycles. The lowest BCUT2D eigenvalue weighted by molar-refractivity contribution is 0.208. The van der Waals surface area contributed by atoms with Crippen molar-refractivity contribution in [1.29, 1.82) is 0 Å². The highest BCUT2D eigenvalue weighted by Gasteiger charge is 2.23. The van der Waals surface area contributed by atoms with E-state index in [4.69, 9.17) is 4.55 Å². The number of benzene rings is 1. The average molecular weight is 313 g/mol. The molecule has 118 valence electrons. The molecular formula is C16H24FNO2S. The Bertz CT molecular complexity index is 487. The van der Waals surface area contributed by atoms with Crippen LogP contribution in [0.2, 0.25) is 0 Å². The Hall–Kier alpha value is -0.780. The maximum Gasteiger partial charge on any atom is 0.157 e. The molecule has 0 aliphatic carbocycles. The van der Waals surface area contributed by atoms with Crippen molar-refractivity contribution in [1.82, 2.24) is 4.90 Å². The van der Waals surface area contributed by atoms with Crippen LogP contribution >= 0.6 is 0 Å². The number of rotatable bonds is 6. The zero-order valence-corrected chi connectivity index (χ0v) is 13.4. The standard InChI is InChI=1S/C16H24FNO2S/c1-2-3-9-18-10-7-13(8-11-18)15-6-4-5-14(16(15)17)12-21(19)20/h4-6,13H,2-3,7-12H2,1H3,(H,19,20). The minimum absolute atomic E-state index is 0.130. The summed E-state index contributed by atoms with van der Waals surface area (Å²) in [6, 6.07) is 5.22. The summed E-state index contributed by atoms with van der Waals surface area (Å²) in [7, 11) is 0. The minimum Gasteiger partial charge on any atom is -0.306 e. The van der Waals surface area contributed by atoms with Crippen molar-refractivity contribution >= 4 is 11.1 Å². The normalized spacial score (nSPS) is 18.8. The lowest BCUT2D eigenvalue weighted by Gasteiger charge is -2.32. The number of unbranched alkanes of at least 4 members (excludes halogenated alkanes) is 1. The summed E-state index contributed by atoms with van der Waals surface area (Å²) in [4.78, 5) is 2.45. The number of hydrogen-bond acceptors (Lipinski definition) is 2. The van der Waals surface area contributed by atoms with Gasteiger partial charge in [-0.15, -0.1) is 0 Å². The second-order valence-electron chi connectivity index (χ2n) is 5.76. The van der Waals surface area contributed by atoms with Crippen molar-refractivity contribution in [3.8, 4) is 0 Å². The summed E-state index contributed by atoms with van der Waals surface area (Å²) in [5, 5.41) is 0. The summed E-state index contributed by atoms with van der Waals surface area (Å²) >= 11 is -2.00. The van der Waals surface area contributed by atoms with Crippen LogP contribution in [-0.2, 0) is 16.8 Å². The Morgan fingerprint density at radius 1 is 1.38 bits per heavy atom. The van der Waals surface area contributed by atoms with Crippen LogP contribution in [0.1, 0.15) is 49.7 Å². The molecule has 0 spiro atoms. The van der Waals surface area contributed by atoms with Crippen molar-refractivity contribution in [2.24, 2.45) is 0 Å². The van der Waals surface area contributed by atoms with Crippen molar-refractivity contribution in [2.45, 2.75) is 44.3 Å². The van der Waals surface area contributed by atoms with Crippen LogP contribution in [0, 0.1) is 5.82 Å². The van der Waals surface area contributed by atoms with Crippen molar-refractivity contribution in [3.63, 3.8) is 0 Å². The largest absolute Gasteiger partial charge is 0.306 e. The summed E-state index contributed by atoms with van der Waals surface area (Å²) in [6.45, 7) is 5.36. The topological polar surface area (TPSA) is 40.5 Å². The molecule has 0 bridgehead atoms. The number of halogens is 1. The van der Waals surface area contributed by atoms with E-state index < -0.39 is 11.1 Å². The van der Waals surface area contributed by atoms with E-state index in [0.717, 1.165) is 32.5 Å². The quantitative estimate of drug-likeness (QED) is 0.817. The first kappa shape index (κ1) is 16.6. The van der Waals surface area contributed by atoms with E-state index >= 15 is 0 Å². The fourth-order valence-electron chi connectivity index (χ4n) is 3.01. The van der Waals surface area contributed by atoms with E-state index in [2.05, 4.69) is 11.8 Å². The molecule has 1 fully saturated rings. The van der Waals surface area contributed by atoms with Crippen LogP contribution in [0.5, 0.6) is 0 Å². The van der Waals surface area contributed by atoms with E-state index in [1.807, 2.05) is 6.07 Å².